The average Bonchev–Trinajstić information content (AvgIpc) is 2.42. The van der Waals surface area contributed by atoms with Gasteiger partial charge < -0.3 is 14.6 Å². The van der Waals surface area contributed by atoms with Gasteiger partial charge in [-0.25, -0.2) is 9.59 Å². The van der Waals surface area contributed by atoms with Crippen LogP contribution in [-0.4, -0.2) is 59.8 Å². The molecule has 0 aromatic carbocycles. The standard InChI is InChI=1S/C10H8F8O8S/c1-4(11)5(19)26-8(6(20)21,9(14,15)16)25-3-2-7(12,13)10(17,18)27(22,23)24/h1-3H2,(H,20,21)(H,22,23,24). The second-order valence-corrected chi connectivity index (χ2v) is 5.97. The maximum absolute atomic E-state index is 13.2. The van der Waals surface area contributed by atoms with Crippen molar-refractivity contribution in [2.45, 2.75) is 29.6 Å². The third-order valence-electron chi connectivity index (χ3n) is 2.58. The van der Waals surface area contributed by atoms with Crippen molar-refractivity contribution < 1.29 is 72.3 Å². The normalized spacial score (nSPS) is 15.7. The summed E-state index contributed by atoms with van der Waals surface area (Å²) in [5.74, 6) is -19.0. The number of carboxylic acids is 1. The molecular weight excluding hydrogens is 432 g/mol. The van der Waals surface area contributed by atoms with Gasteiger partial charge in [-0.2, -0.15) is 43.5 Å². The Morgan fingerprint density at radius 3 is 1.78 bits per heavy atom. The summed E-state index contributed by atoms with van der Waals surface area (Å²) in [6, 6.07) is 0. The van der Waals surface area contributed by atoms with Crippen LogP contribution in [0.1, 0.15) is 6.42 Å². The number of rotatable bonds is 9. The van der Waals surface area contributed by atoms with Crippen LogP contribution in [0.15, 0.2) is 12.4 Å². The lowest BCUT2D eigenvalue weighted by molar-refractivity contribution is -0.355. The molecule has 0 aliphatic carbocycles. The van der Waals surface area contributed by atoms with Crippen molar-refractivity contribution >= 4 is 22.1 Å². The van der Waals surface area contributed by atoms with Crippen molar-refractivity contribution in [1.82, 2.24) is 0 Å². The molecule has 0 aliphatic heterocycles. The predicted octanol–water partition coefficient (Wildman–Crippen LogP) is 1.88. The van der Waals surface area contributed by atoms with Gasteiger partial charge in [-0.3, -0.25) is 4.55 Å². The Bertz CT molecular complexity index is 715. The first-order valence-electron chi connectivity index (χ1n) is 5.97. The Balaban J connectivity index is 5.71. The molecule has 1 atom stereocenters. The number of carboxylic acid groups (broad SMARTS) is 1. The fourth-order valence-corrected chi connectivity index (χ4v) is 1.72. The van der Waals surface area contributed by atoms with Crippen LogP contribution in [0, 0.1) is 0 Å². The number of esters is 1. The molecule has 0 bridgehead atoms. The highest BCUT2D eigenvalue weighted by atomic mass is 32.2. The number of carbonyl (C=O) groups is 2. The Kier molecular flexibility index (Phi) is 6.98. The molecule has 158 valence electrons. The summed E-state index contributed by atoms with van der Waals surface area (Å²) in [5.41, 5.74) is 0. The van der Waals surface area contributed by atoms with Crippen LogP contribution in [0.4, 0.5) is 35.1 Å². The second kappa shape index (κ2) is 7.55. The molecule has 0 radical (unpaired) electrons. The van der Waals surface area contributed by atoms with E-state index in [1.54, 1.807) is 0 Å². The number of hydrogen-bond acceptors (Lipinski definition) is 6. The molecule has 0 spiro atoms. The molecule has 0 aromatic rings. The van der Waals surface area contributed by atoms with E-state index in [9.17, 15) is 53.1 Å². The Morgan fingerprint density at radius 2 is 1.48 bits per heavy atom. The SMILES string of the molecule is C=C(F)C(=O)OC(OCCC(F)(F)C(F)(F)S(=O)(=O)O)(C(=O)O)C(F)(F)F. The van der Waals surface area contributed by atoms with Crippen molar-refractivity contribution in [3.8, 4) is 0 Å². The predicted molar refractivity (Wildman–Crippen MR) is 64.8 cm³/mol. The lowest BCUT2D eigenvalue weighted by Gasteiger charge is -2.31. The summed E-state index contributed by atoms with van der Waals surface area (Å²) in [4.78, 5) is 21.6. The number of aliphatic carboxylic acids is 1. The van der Waals surface area contributed by atoms with E-state index in [4.69, 9.17) is 9.66 Å². The molecule has 0 saturated carbocycles. The fourth-order valence-electron chi connectivity index (χ4n) is 1.24. The lowest BCUT2D eigenvalue weighted by Crippen LogP contribution is -2.58. The minimum absolute atomic E-state index is 2.19. The van der Waals surface area contributed by atoms with Crippen molar-refractivity contribution in [3.63, 3.8) is 0 Å². The molecule has 0 fully saturated rings. The number of alkyl halides is 7. The van der Waals surface area contributed by atoms with Gasteiger partial charge >= 0.3 is 45.2 Å². The van der Waals surface area contributed by atoms with Gasteiger partial charge in [-0.15, -0.1) is 0 Å². The molecule has 0 aliphatic rings. The van der Waals surface area contributed by atoms with Crippen molar-refractivity contribution in [2.24, 2.45) is 0 Å². The Hall–Kier alpha value is -2.01. The molecule has 0 amide bonds. The highest BCUT2D eigenvalue weighted by Gasteiger charge is 2.69. The summed E-state index contributed by atoms with van der Waals surface area (Å²) >= 11 is 0. The number of hydrogen-bond donors (Lipinski definition) is 2. The molecule has 17 heteroatoms. The van der Waals surface area contributed by atoms with Crippen molar-refractivity contribution in [2.75, 3.05) is 6.61 Å². The molecule has 1 unspecified atom stereocenters. The average molecular weight is 440 g/mol. The van der Waals surface area contributed by atoms with Crippen LogP contribution in [0.5, 0.6) is 0 Å². The highest BCUT2D eigenvalue weighted by molar-refractivity contribution is 7.87. The van der Waals surface area contributed by atoms with Crippen LogP contribution >= 0.6 is 0 Å². The minimum atomic E-state index is -6.72. The molecule has 8 nitrogen and oxygen atoms in total. The third kappa shape index (κ3) is 5.04. The summed E-state index contributed by atoms with van der Waals surface area (Å²) in [7, 11) is -6.72. The monoisotopic (exact) mass is 440 g/mol. The maximum Gasteiger partial charge on any atom is 0.468 e. The molecule has 0 saturated heterocycles. The van der Waals surface area contributed by atoms with Gasteiger partial charge in [-0.1, -0.05) is 6.58 Å². The van der Waals surface area contributed by atoms with E-state index in [2.05, 4.69) is 16.1 Å². The largest absolute Gasteiger partial charge is 0.476 e. The third-order valence-corrected chi connectivity index (χ3v) is 3.53. The quantitative estimate of drug-likeness (QED) is 0.183. The van der Waals surface area contributed by atoms with E-state index >= 15 is 0 Å². The van der Waals surface area contributed by atoms with E-state index < -0.39 is 64.1 Å². The van der Waals surface area contributed by atoms with E-state index in [1.165, 1.54) is 0 Å². The maximum atomic E-state index is 13.2. The van der Waals surface area contributed by atoms with E-state index in [1.807, 2.05) is 0 Å². The molecule has 0 rings (SSSR count). The zero-order valence-corrected chi connectivity index (χ0v) is 13.2. The Labute approximate surface area is 144 Å². The van der Waals surface area contributed by atoms with Crippen molar-refractivity contribution in [3.05, 3.63) is 12.4 Å². The first-order valence-corrected chi connectivity index (χ1v) is 7.41. The van der Waals surface area contributed by atoms with Gasteiger partial charge in [0.25, 0.3) is 0 Å². The smallest absolute Gasteiger partial charge is 0.468 e. The van der Waals surface area contributed by atoms with E-state index in [0.29, 0.717) is 0 Å². The van der Waals surface area contributed by atoms with E-state index in [-0.39, 0.29) is 0 Å². The van der Waals surface area contributed by atoms with Crippen LogP contribution < -0.4 is 0 Å². The van der Waals surface area contributed by atoms with Gasteiger partial charge in [0.2, 0.25) is 5.83 Å². The molecule has 0 heterocycles. The fraction of sp³-hybridized carbons (Fsp3) is 0.600. The Morgan fingerprint density at radius 1 is 1.04 bits per heavy atom. The molecule has 27 heavy (non-hydrogen) atoms. The molecule has 0 aromatic heterocycles. The number of carbonyl (C=O) groups excluding carboxylic acids is 1. The van der Waals surface area contributed by atoms with Crippen LogP contribution in [0.3, 0.4) is 0 Å². The lowest BCUT2D eigenvalue weighted by atomic mass is 10.2. The minimum Gasteiger partial charge on any atom is -0.476 e. The molecule has 2 N–H and O–H groups in total. The summed E-state index contributed by atoms with van der Waals surface area (Å²) < 4.78 is 139. The molecular formula is C10H8F8O8S. The number of halogens is 8. The second-order valence-electron chi connectivity index (χ2n) is 4.51. The van der Waals surface area contributed by atoms with Crippen molar-refractivity contribution in [1.29, 1.82) is 0 Å². The zero-order valence-electron chi connectivity index (χ0n) is 12.4. The highest BCUT2D eigenvalue weighted by Crippen LogP contribution is 2.42. The summed E-state index contributed by atoms with van der Waals surface area (Å²) in [6.45, 7) is -0.107. The van der Waals surface area contributed by atoms with Crippen LogP contribution in [0.2, 0.25) is 0 Å². The topological polar surface area (TPSA) is 127 Å². The van der Waals surface area contributed by atoms with Crippen LogP contribution in [0.25, 0.3) is 0 Å². The summed E-state index contributed by atoms with van der Waals surface area (Å²) in [6.07, 6.45) is -8.83. The number of ether oxygens (including phenoxy) is 2. The van der Waals surface area contributed by atoms with Gasteiger partial charge in [0, 0.05) is 6.42 Å². The summed E-state index contributed by atoms with van der Waals surface area (Å²) in [5, 5.41) is 2.38. The van der Waals surface area contributed by atoms with Crippen LogP contribution in [-0.2, 0) is 29.2 Å². The van der Waals surface area contributed by atoms with Gasteiger partial charge in [0.15, 0.2) is 0 Å². The zero-order chi connectivity index (χ0) is 22.1. The van der Waals surface area contributed by atoms with Gasteiger partial charge in [0.05, 0.1) is 6.61 Å². The first kappa shape index (κ1) is 25.0. The van der Waals surface area contributed by atoms with Gasteiger partial charge in [0.1, 0.15) is 0 Å². The first-order chi connectivity index (χ1) is 11.7. The van der Waals surface area contributed by atoms with E-state index in [0.717, 1.165) is 0 Å². The van der Waals surface area contributed by atoms with Gasteiger partial charge in [-0.05, 0) is 0 Å².